The van der Waals surface area contributed by atoms with Crippen molar-refractivity contribution in [2.24, 2.45) is 5.92 Å². The summed E-state index contributed by atoms with van der Waals surface area (Å²) < 4.78 is 5.30. The summed E-state index contributed by atoms with van der Waals surface area (Å²) in [6.07, 6.45) is 2.58. The molecule has 0 radical (unpaired) electrons. The van der Waals surface area contributed by atoms with Gasteiger partial charge in [-0.2, -0.15) is 4.98 Å². The third kappa shape index (κ3) is 4.16. The van der Waals surface area contributed by atoms with Gasteiger partial charge in [-0.25, -0.2) is 0 Å². The standard InChI is InChI=1S/C17H22N4O2/c1-12(19-16(22)14-8-5-9-18-11-14)17-20-15(21-23-17)10-13-6-3-2-4-7-13/h2-4,6-7,12,14,18H,5,8-11H2,1H3,(H,19,22). The van der Waals surface area contributed by atoms with Gasteiger partial charge in [0.25, 0.3) is 0 Å². The Morgan fingerprint density at radius 3 is 3.00 bits per heavy atom. The third-order valence-electron chi connectivity index (χ3n) is 4.09. The molecule has 0 spiro atoms. The van der Waals surface area contributed by atoms with Crippen molar-refractivity contribution in [2.45, 2.75) is 32.2 Å². The number of hydrogen-bond acceptors (Lipinski definition) is 5. The maximum Gasteiger partial charge on any atom is 0.248 e. The normalized spacial score (nSPS) is 19.3. The first kappa shape index (κ1) is 15.7. The van der Waals surface area contributed by atoms with Crippen LogP contribution in [0.3, 0.4) is 0 Å². The molecule has 1 aromatic carbocycles. The number of benzene rings is 1. The Hall–Kier alpha value is -2.21. The van der Waals surface area contributed by atoms with Gasteiger partial charge in [0.1, 0.15) is 6.04 Å². The Balaban J connectivity index is 1.57. The van der Waals surface area contributed by atoms with Crippen molar-refractivity contribution in [3.8, 4) is 0 Å². The maximum atomic E-state index is 12.2. The van der Waals surface area contributed by atoms with E-state index in [-0.39, 0.29) is 17.9 Å². The van der Waals surface area contributed by atoms with E-state index in [4.69, 9.17) is 4.52 Å². The van der Waals surface area contributed by atoms with Gasteiger partial charge in [0.2, 0.25) is 11.8 Å². The predicted molar refractivity (Wildman–Crippen MR) is 85.7 cm³/mol. The van der Waals surface area contributed by atoms with Gasteiger partial charge >= 0.3 is 0 Å². The summed E-state index contributed by atoms with van der Waals surface area (Å²) >= 11 is 0. The smallest absolute Gasteiger partial charge is 0.248 e. The molecule has 0 saturated carbocycles. The molecular weight excluding hydrogens is 292 g/mol. The number of carbonyl (C=O) groups is 1. The molecule has 0 bridgehead atoms. The van der Waals surface area contributed by atoms with Crippen molar-refractivity contribution in [3.63, 3.8) is 0 Å². The number of hydrogen-bond donors (Lipinski definition) is 2. The zero-order valence-electron chi connectivity index (χ0n) is 13.3. The second-order valence-electron chi connectivity index (χ2n) is 5.98. The van der Waals surface area contributed by atoms with E-state index in [0.29, 0.717) is 18.1 Å². The topological polar surface area (TPSA) is 80.0 Å². The Bertz CT molecular complexity index is 635. The summed E-state index contributed by atoms with van der Waals surface area (Å²) in [5.41, 5.74) is 1.13. The van der Waals surface area contributed by atoms with Crippen molar-refractivity contribution in [2.75, 3.05) is 13.1 Å². The summed E-state index contributed by atoms with van der Waals surface area (Å²) in [6.45, 7) is 3.60. The molecule has 1 fully saturated rings. The van der Waals surface area contributed by atoms with E-state index >= 15 is 0 Å². The largest absolute Gasteiger partial charge is 0.344 e. The van der Waals surface area contributed by atoms with Gasteiger partial charge in [-0.3, -0.25) is 4.79 Å². The summed E-state index contributed by atoms with van der Waals surface area (Å²) in [4.78, 5) is 16.6. The van der Waals surface area contributed by atoms with Crippen LogP contribution in [0.2, 0.25) is 0 Å². The molecule has 0 aliphatic carbocycles. The summed E-state index contributed by atoms with van der Waals surface area (Å²) in [5, 5.41) is 10.2. The predicted octanol–water partition coefficient (Wildman–Crippen LogP) is 1.84. The van der Waals surface area contributed by atoms with E-state index in [9.17, 15) is 4.79 Å². The lowest BCUT2D eigenvalue weighted by molar-refractivity contribution is -0.126. The van der Waals surface area contributed by atoms with E-state index in [0.717, 1.165) is 31.5 Å². The molecule has 23 heavy (non-hydrogen) atoms. The molecular formula is C17H22N4O2. The zero-order valence-corrected chi connectivity index (χ0v) is 13.3. The first-order valence-electron chi connectivity index (χ1n) is 8.10. The van der Waals surface area contributed by atoms with Gasteiger partial charge in [-0.05, 0) is 31.9 Å². The van der Waals surface area contributed by atoms with Crippen LogP contribution in [0.4, 0.5) is 0 Å². The third-order valence-corrected chi connectivity index (χ3v) is 4.09. The minimum atomic E-state index is -0.276. The number of rotatable bonds is 5. The van der Waals surface area contributed by atoms with Crippen LogP contribution in [-0.2, 0) is 11.2 Å². The van der Waals surface area contributed by atoms with E-state index < -0.39 is 0 Å². The van der Waals surface area contributed by atoms with Gasteiger partial charge in [-0.1, -0.05) is 35.5 Å². The van der Waals surface area contributed by atoms with Crippen molar-refractivity contribution in [3.05, 3.63) is 47.6 Å². The molecule has 2 N–H and O–H groups in total. The van der Waals surface area contributed by atoms with Gasteiger partial charge < -0.3 is 15.2 Å². The fraction of sp³-hybridized carbons (Fsp3) is 0.471. The molecule has 2 heterocycles. The van der Waals surface area contributed by atoms with Crippen LogP contribution in [0.5, 0.6) is 0 Å². The second kappa shape index (κ2) is 7.37. The highest BCUT2D eigenvalue weighted by atomic mass is 16.5. The molecule has 6 nitrogen and oxygen atoms in total. The number of nitrogens with zero attached hydrogens (tertiary/aromatic N) is 2. The van der Waals surface area contributed by atoms with E-state index in [1.807, 2.05) is 37.3 Å². The summed E-state index contributed by atoms with van der Waals surface area (Å²) in [5.74, 6) is 1.16. The number of piperidine rings is 1. The van der Waals surface area contributed by atoms with Crippen LogP contribution >= 0.6 is 0 Å². The van der Waals surface area contributed by atoms with E-state index in [1.165, 1.54) is 0 Å². The Kier molecular flexibility index (Phi) is 5.02. The molecule has 2 aromatic rings. The molecule has 1 aliphatic rings. The molecule has 2 atom stereocenters. The van der Waals surface area contributed by atoms with Crippen LogP contribution in [0, 0.1) is 5.92 Å². The monoisotopic (exact) mass is 314 g/mol. The number of carbonyl (C=O) groups excluding carboxylic acids is 1. The average Bonchev–Trinajstić information content (AvgIpc) is 3.05. The molecule has 122 valence electrons. The lowest BCUT2D eigenvalue weighted by Crippen LogP contribution is -2.41. The highest BCUT2D eigenvalue weighted by Gasteiger charge is 2.24. The minimum absolute atomic E-state index is 0.0258. The van der Waals surface area contributed by atoms with Crippen LogP contribution in [-0.4, -0.2) is 29.1 Å². The molecule has 1 aliphatic heterocycles. The first-order chi connectivity index (χ1) is 11.2. The Morgan fingerprint density at radius 2 is 2.26 bits per heavy atom. The highest BCUT2D eigenvalue weighted by molar-refractivity contribution is 5.79. The van der Waals surface area contributed by atoms with Gasteiger partial charge in [0.15, 0.2) is 5.82 Å². The minimum Gasteiger partial charge on any atom is -0.344 e. The SMILES string of the molecule is CC(NC(=O)C1CCCNC1)c1nc(Cc2ccccc2)no1. The van der Waals surface area contributed by atoms with Gasteiger partial charge in [0.05, 0.1) is 5.92 Å². The average molecular weight is 314 g/mol. The van der Waals surface area contributed by atoms with Crippen molar-refractivity contribution in [1.82, 2.24) is 20.8 Å². The zero-order chi connectivity index (χ0) is 16.1. The van der Waals surface area contributed by atoms with Crippen LogP contribution in [0.15, 0.2) is 34.9 Å². The highest BCUT2D eigenvalue weighted by Crippen LogP contribution is 2.15. The van der Waals surface area contributed by atoms with E-state index in [2.05, 4.69) is 20.8 Å². The Morgan fingerprint density at radius 1 is 1.43 bits per heavy atom. The second-order valence-corrected chi connectivity index (χ2v) is 5.98. The number of nitrogens with one attached hydrogen (secondary N) is 2. The van der Waals surface area contributed by atoms with E-state index in [1.54, 1.807) is 0 Å². The summed E-state index contributed by atoms with van der Waals surface area (Å²) in [6, 6.07) is 9.72. The molecule has 6 heteroatoms. The molecule has 1 amide bonds. The maximum absolute atomic E-state index is 12.2. The van der Waals surface area contributed by atoms with Crippen molar-refractivity contribution >= 4 is 5.91 Å². The van der Waals surface area contributed by atoms with Gasteiger partial charge in [-0.15, -0.1) is 0 Å². The summed E-state index contributed by atoms with van der Waals surface area (Å²) in [7, 11) is 0. The van der Waals surface area contributed by atoms with Crippen LogP contribution in [0.25, 0.3) is 0 Å². The first-order valence-corrected chi connectivity index (χ1v) is 8.10. The number of aromatic nitrogens is 2. The number of amides is 1. The molecule has 1 saturated heterocycles. The van der Waals surface area contributed by atoms with Crippen LogP contribution in [0.1, 0.15) is 43.1 Å². The Labute approximate surface area is 135 Å². The molecule has 2 unspecified atom stereocenters. The lowest BCUT2D eigenvalue weighted by Gasteiger charge is -2.23. The van der Waals surface area contributed by atoms with Crippen LogP contribution < -0.4 is 10.6 Å². The quantitative estimate of drug-likeness (QED) is 0.880. The molecule has 1 aromatic heterocycles. The van der Waals surface area contributed by atoms with Crippen molar-refractivity contribution in [1.29, 1.82) is 0 Å². The molecule has 3 rings (SSSR count). The fourth-order valence-corrected chi connectivity index (χ4v) is 2.76. The fourth-order valence-electron chi connectivity index (χ4n) is 2.76. The van der Waals surface area contributed by atoms with Crippen molar-refractivity contribution < 1.29 is 9.32 Å². The van der Waals surface area contributed by atoms with Gasteiger partial charge in [0, 0.05) is 13.0 Å². The lowest BCUT2D eigenvalue weighted by atomic mass is 9.98.